The van der Waals surface area contributed by atoms with Crippen molar-refractivity contribution in [3.63, 3.8) is 0 Å². The molecule has 196 valence electrons. The molecule has 7 nitrogen and oxygen atoms in total. The molecule has 0 saturated carbocycles. The lowest BCUT2D eigenvalue weighted by atomic mass is 10.2. The van der Waals surface area contributed by atoms with E-state index in [4.69, 9.17) is 16.3 Å². The summed E-state index contributed by atoms with van der Waals surface area (Å²) in [4.78, 5) is 15.4. The first kappa shape index (κ1) is 26.0. The van der Waals surface area contributed by atoms with Gasteiger partial charge in [0.25, 0.3) is 5.91 Å². The van der Waals surface area contributed by atoms with Crippen LogP contribution in [0.4, 0.5) is 5.69 Å². The third-order valence-electron chi connectivity index (χ3n) is 6.62. The second-order valence-corrected chi connectivity index (χ2v) is 9.97. The Morgan fingerprint density at radius 2 is 1.74 bits per heavy atom. The molecule has 38 heavy (non-hydrogen) atoms. The van der Waals surface area contributed by atoms with Gasteiger partial charge in [0, 0.05) is 54.7 Å². The maximum absolute atomic E-state index is 13.0. The molecule has 1 aliphatic heterocycles. The Hall–Kier alpha value is -3.65. The summed E-state index contributed by atoms with van der Waals surface area (Å²) in [5.74, 6) is 0.494. The number of carbonyl (C=O) groups is 1. The highest BCUT2D eigenvalue weighted by molar-refractivity contribution is 6.30. The first-order valence-corrected chi connectivity index (χ1v) is 13.2. The molecule has 2 heterocycles. The van der Waals surface area contributed by atoms with Gasteiger partial charge >= 0.3 is 0 Å². The van der Waals surface area contributed by atoms with E-state index in [9.17, 15) is 4.79 Å². The van der Waals surface area contributed by atoms with E-state index in [0.29, 0.717) is 23.9 Å². The first-order valence-electron chi connectivity index (χ1n) is 12.9. The molecule has 0 spiro atoms. The lowest BCUT2D eigenvalue weighted by Crippen LogP contribution is -2.42. The Bertz CT molecular complexity index is 1370. The Kier molecular flexibility index (Phi) is 8.38. The van der Waals surface area contributed by atoms with E-state index in [2.05, 4.69) is 32.8 Å². The molecule has 4 aromatic rings. The zero-order valence-electron chi connectivity index (χ0n) is 21.5. The topological polar surface area (TPSA) is 71.4 Å². The Balaban J connectivity index is 1.23. The van der Waals surface area contributed by atoms with Crippen LogP contribution in [-0.2, 0) is 19.7 Å². The molecule has 1 amide bonds. The fraction of sp³-hybridized carbons (Fsp3) is 0.267. The van der Waals surface area contributed by atoms with E-state index in [0.717, 1.165) is 61.0 Å². The Labute approximate surface area is 228 Å². The summed E-state index contributed by atoms with van der Waals surface area (Å²) in [6, 6.07) is 25.4. The number of rotatable bonds is 9. The molecular formula is C30H32ClN5O2. The predicted octanol–water partition coefficient (Wildman–Crippen LogP) is 5.13. The number of halogens is 1. The van der Waals surface area contributed by atoms with Gasteiger partial charge in [-0.15, -0.1) is 0 Å². The molecule has 1 aromatic heterocycles. The van der Waals surface area contributed by atoms with Crippen LogP contribution in [0.3, 0.4) is 0 Å². The minimum absolute atomic E-state index is 0.242. The molecule has 0 atom stereocenters. The van der Waals surface area contributed by atoms with E-state index >= 15 is 0 Å². The molecule has 5 rings (SSSR count). The van der Waals surface area contributed by atoms with Gasteiger partial charge in [-0.3, -0.25) is 14.4 Å². The standard InChI is InChI=1S/C30H32ClN5O2/c1-22-17-28(30(37)33-27-10-7-23(8-11-27)19-35-15-13-32-14-16-35)34-36(22)20-25-18-26(31)9-12-29(25)38-21-24-5-3-2-4-6-24/h2-12,17-18,32H,13-16,19-21H2,1H3,(H,33,37). The van der Waals surface area contributed by atoms with Crippen molar-refractivity contribution in [2.24, 2.45) is 0 Å². The van der Waals surface area contributed by atoms with Crippen LogP contribution in [-0.4, -0.2) is 46.8 Å². The van der Waals surface area contributed by atoms with Gasteiger partial charge in [0.1, 0.15) is 12.4 Å². The van der Waals surface area contributed by atoms with Crippen LogP contribution in [0.15, 0.2) is 78.9 Å². The molecular weight excluding hydrogens is 498 g/mol. The number of amides is 1. The predicted molar refractivity (Wildman–Crippen MR) is 151 cm³/mol. The van der Waals surface area contributed by atoms with Crippen LogP contribution >= 0.6 is 11.6 Å². The molecule has 0 aliphatic carbocycles. The summed E-state index contributed by atoms with van der Waals surface area (Å²) in [6.45, 7) is 7.90. The number of hydrogen-bond acceptors (Lipinski definition) is 5. The van der Waals surface area contributed by atoms with Crippen LogP contribution < -0.4 is 15.4 Å². The van der Waals surface area contributed by atoms with Crippen molar-refractivity contribution in [3.8, 4) is 5.75 Å². The zero-order valence-corrected chi connectivity index (χ0v) is 22.2. The quantitative estimate of drug-likeness (QED) is 0.314. The van der Waals surface area contributed by atoms with E-state index in [1.54, 1.807) is 10.7 Å². The molecule has 0 unspecified atom stereocenters. The van der Waals surface area contributed by atoms with Crippen molar-refractivity contribution in [2.45, 2.75) is 26.6 Å². The molecule has 2 N–H and O–H groups in total. The van der Waals surface area contributed by atoms with Gasteiger partial charge in [0.15, 0.2) is 5.69 Å². The van der Waals surface area contributed by atoms with Crippen molar-refractivity contribution in [1.82, 2.24) is 20.0 Å². The average Bonchev–Trinajstić information content (AvgIpc) is 3.30. The summed E-state index contributed by atoms with van der Waals surface area (Å²) in [5, 5.41) is 11.5. The highest BCUT2D eigenvalue weighted by Gasteiger charge is 2.15. The van der Waals surface area contributed by atoms with Crippen molar-refractivity contribution in [3.05, 3.63) is 112 Å². The maximum Gasteiger partial charge on any atom is 0.276 e. The van der Waals surface area contributed by atoms with Crippen molar-refractivity contribution in [2.75, 3.05) is 31.5 Å². The van der Waals surface area contributed by atoms with Gasteiger partial charge in [-0.05, 0) is 54.4 Å². The van der Waals surface area contributed by atoms with Crippen LogP contribution in [0.25, 0.3) is 0 Å². The van der Waals surface area contributed by atoms with Crippen molar-refractivity contribution in [1.29, 1.82) is 0 Å². The third kappa shape index (κ3) is 6.81. The minimum atomic E-state index is -0.242. The minimum Gasteiger partial charge on any atom is -0.489 e. The number of benzene rings is 3. The monoisotopic (exact) mass is 529 g/mol. The number of hydrogen-bond donors (Lipinski definition) is 2. The van der Waals surface area contributed by atoms with Crippen LogP contribution in [0, 0.1) is 6.92 Å². The number of aromatic nitrogens is 2. The molecule has 1 saturated heterocycles. The number of aryl methyl sites for hydroxylation is 1. The SMILES string of the molecule is Cc1cc(C(=O)Nc2ccc(CN3CCNCC3)cc2)nn1Cc1cc(Cl)ccc1OCc1ccccc1. The number of carbonyl (C=O) groups excluding carboxylic acids is 1. The van der Waals surface area contributed by atoms with Gasteiger partial charge in [0.2, 0.25) is 0 Å². The molecule has 8 heteroatoms. The van der Waals surface area contributed by atoms with Gasteiger partial charge in [0.05, 0.1) is 6.54 Å². The number of piperazine rings is 1. The van der Waals surface area contributed by atoms with Crippen LogP contribution in [0.5, 0.6) is 5.75 Å². The molecule has 0 bridgehead atoms. The number of nitrogens with one attached hydrogen (secondary N) is 2. The van der Waals surface area contributed by atoms with E-state index in [1.807, 2.05) is 67.6 Å². The normalized spacial score (nSPS) is 13.8. The third-order valence-corrected chi connectivity index (χ3v) is 6.86. The smallest absolute Gasteiger partial charge is 0.276 e. The zero-order chi connectivity index (χ0) is 26.3. The molecule has 1 fully saturated rings. The van der Waals surface area contributed by atoms with Gasteiger partial charge in [-0.2, -0.15) is 5.10 Å². The maximum atomic E-state index is 13.0. The van der Waals surface area contributed by atoms with Crippen molar-refractivity contribution < 1.29 is 9.53 Å². The fourth-order valence-corrected chi connectivity index (χ4v) is 4.70. The van der Waals surface area contributed by atoms with E-state index < -0.39 is 0 Å². The average molecular weight is 530 g/mol. The first-order chi connectivity index (χ1) is 18.5. The second-order valence-electron chi connectivity index (χ2n) is 9.53. The van der Waals surface area contributed by atoms with Crippen LogP contribution in [0.1, 0.15) is 32.9 Å². The highest BCUT2D eigenvalue weighted by Crippen LogP contribution is 2.25. The summed E-state index contributed by atoms with van der Waals surface area (Å²) < 4.78 is 7.89. The van der Waals surface area contributed by atoms with E-state index in [-0.39, 0.29) is 5.91 Å². The highest BCUT2D eigenvalue weighted by atomic mass is 35.5. The second kappa shape index (κ2) is 12.3. The Morgan fingerprint density at radius 3 is 2.50 bits per heavy atom. The van der Waals surface area contributed by atoms with Crippen LogP contribution in [0.2, 0.25) is 5.02 Å². The fourth-order valence-electron chi connectivity index (χ4n) is 4.51. The molecule has 0 radical (unpaired) electrons. The number of ether oxygens (including phenoxy) is 1. The molecule has 1 aliphatic rings. The van der Waals surface area contributed by atoms with Gasteiger partial charge in [-0.25, -0.2) is 0 Å². The lowest BCUT2D eigenvalue weighted by Gasteiger charge is -2.27. The Morgan fingerprint density at radius 1 is 0.974 bits per heavy atom. The summed E-state index contributed by atoms with van der Waals surface area (Å²) in [6.07, 6.45) is 0. The molecule has 3 aromatic carbocycles. The van der Waals surface area contributed by atoms with Gasteiger partial charge < -0.3 is 15.4 Å². The largest absolute Gasteiger partial charge is 0.489 e. The van der Waals surface area contributed by atoms with Gasteiger partial charge in [-0.1, -0.05) is 54.1 Å². The summed E-state index contributed by atoms with van der Waals surface area (Å²) in [5.41, 5.74) is 5.19. The number of nitrogens with zero attached hydrogens (tertiary/aromatic N) is 3. The summed E-state index contributed by atoms with van der Waals surface area (Å²) in [7, 11) is 0. The van der Waals surface area contributed by atoms with E-state index in [1.165, 1.54) is 5.56 Å². The summed E-state index contributed by atoms with van der Waals surface area (Å²) >= 11 is 6.30. The lowest BCUT2D eigenvalue weighted by molar-refractivity contribution is 0.102. The van der Waals surface area contributed by atoms with Crippen molar-refractivity contribution >= 4 is 23.2 Å². The number of anilines is 1.